The largest absolute Gasteiger partial charge is 0.492 e. The number of hydrogen-bond acceptors (Lipinski definition) is 2. The Kier molecular flexibility index (Phi) is 3.51. The SMILES string of the molecule is CC1Cc2ccccc2C(COc2ccccc2)N1. The van der Waals surface area contributed by atoms with Crippen LogP contribution in [0.4, 0.5) is 0 Å². The van der Waals surface area contributed by atoms with E-state index in [-0.39, 0.29) is 6.04 Å². The van der Waals surface area contributed by atoms with Gasteiger partial charge in [0, 0.05) is 6.04 Å². The van der Waals surface area contributed by atoms with Gasteiger partial charge in [0.2, 0.25) is 0 Å². The zero-order valence-electron chi connectivity index (χ0n) is 11.2. The van der Waals surface area contributed by atoms with Crippen molar-refractivity contribution < 1.29 is 4.74 Å². The fraction of sp³-hybridized carbons (Fsp3) is 0.294. The number of fused-ring (bicyclic) bond motifs is 1. The van der Waals surface area contributed by atoms with Crippen LogP contribution in [0.3, 0.4) is 0 Å². The summed E-state index contributed by atoms with van der Waals surface area (Å²) in [5.41, 5.74) is 2.81. The third kappa shape index (κ3) is 2.79. The van der Waals surface area contributed by atoms with Gasteiger partial charge in [-0.15, -0.1) is 0 Å². The van der Waals surface area contributed by atoms with E-state index in [0.717, 1.165) is 12.2 Å². The van der Waals surface area contributed by atoms with E-state index >= 15 is 0 Å². The third-order valence-corrected chi connectivity index (χ3v) is 3.60. The van der Waals surface area contributed by atoms with Crippen molar-refractivity contribution in [1.29, 1.82) is 0 Å². The lowest BCUT2D eigenvalue weighted by molar-refractivity contribution is 0.247. The minimum atomic E-state index is 0.278. The zero-order valence-corrected chi connectivity index (χ0v) is 11.2. The molecule has 1 aliphatic rings. The van der Waals surface area contributed by atoms with Crippen molar-refractivity contribution >= 4 is 0 Å². The first-order chi connectivity index (χ1) is 9.33. The third-order valence-electron chi connectivity index (χ3n) is 3.60. The van der Waals surface area contributed by atoms with Crippen LogP contribution in [0.1, 0.15) is 24.1 Å². The molecule has 0 fully saturated rings. The average molecular weight is 253 g/mol. The van der Waals surface area contributed by atoms with E-state index in [1.165, 1.54) is 11.1 Å². The highest BCUT2D eigenvalue weighted by Crippen LogP contribution is 2.25. The van der Waals surface area contributed by atoms with Crippen LogP contribution < -0.4 is 10.1 Å². The van der Waals surface area contributed by atoms with Gasteiger partial charge in [0.1, 0.15) is 12.4 Å². The van der Waals surface area contributed by atoms with Crippen LogP contribution in [0, 0.1) is 0 Å². The monoisotopic (exact) mass is 253 g/mol. The van der Waals surface area contributed by atoms with Crippen LogP contribution in [0.25, 0.3) is 0 Å². The Morgan fingerprint density at radius 3 is 2.63 bits per heavy atom. The summed E-state index contributed by atoms with van der Waals surface area (Å²) in [7, 11) is 0. The van der Waals surface area contributed by atoms with Gasteiger partial charge >= 0.3 is 0 Å². The summed E-state index contributed by atoms with van der Waals surface area (Å²) in [4.78, 5) is 0. The number of nitrogens with one attached hydrogen (secondary N) is 1. The van der Waals surface area contributed by atoms with Crippen molar-refractivity contribution in [1.82, 2.24) is 5.32 Å². The second-order valence-corrected chi connectivity index (χ2v) is 5.15. The summed E-state index contributed by atoms with van der Waals surface area (Å²) in [6.07, 6.45) is 1.10. The molecule has 2 unspecified atom stereocenters. The predicted octanol–water partition coefficient (Wildman–Crippen LogP) is 3.34. The highest BCUT2D eigenvalue weighted by atomic mass is 16.5. The van der Waals surface area contributed by atoms with Crippen molar-refractivity contribution in [2.24, 2.45) is 0 Å². The molecule has 2 aromatic carbocycles. The Bertz CT molecular complexity index is 538. The molecule has 1 N–H and O–H groups in total. The summed E-state index contributed by atoms with van der Waals surface area (Å²) in [6.45, 7) is 2.90. The maximum atomic E-state index is 5.89. The van der Waals surface area contributed by atoms with Gasteiger partial charge in [-0.2, -0.15) is 0 Å². The van der Waals surface area contributed by atoms with Crippen LogP contribution >= 0.6 is 0 Å². The van der Waals surface area contributed by atoms with Gasteiger partial charge in [-0.1, -0.05) is 42.5 Å². The Labute approximate surface area is 114 Å². The molecule has 3 rings (SSSR count). The van der Waals surface area contributed by atoms with Gasteiger partial charge in [0.15, 0.2) is 0 Å². The summed E-state index contributed by atoms with van der Waals surface area (Å²) < 4.78 is 5.89. The van der Waals surface area contributed by atoms with Gasteiger partial charge in [0.05, 0.1) is 6.04 Å². The van der Waals surface area contributed by atoms with Crippen LogP contribution in [-0.2, 0) is 6.42 Å². The lowest BCUT2D eigenvalue weighted by Crippen LogP contribution is -2.40. The van der Waals surface area contributed by atoms with E-state index in [1.54, 1.807) is 0 Å². The summed E-state index contributed by atoms with van der Waals surface area (Å²) >= 11 is 0. The minimum absolute atomic E-state index is 0.278. The normalized spacial score (nSPS) is 21.7. The standard InChI is InChI=1S/C17H19NO/c1-13-11-14-7-5-6-10-16(14)17(18-13)12-19-15-8-3-2-4-9-15/h2-10,13,17-18H,11-12H2,1H3. The minimum Gasteiger partial charge on any atom is -0.492 e. The molecule has 0 amide bonds. The van der Waals surface area contributed by atoms with Crippen molar-refractivity contribution in [2.75, 3.05) is 6.61 Å². The van der Waals surface area contributed by atoms with Crippen LogP contribution in [0.2, 0.25) is 0 Å². The van der Waals surface area contributed by atoms with Crippen LogP contribution in [0.15, 0.2) is 54.6 Å². The number of rotatable bonds is 3. The fourth-order valence-electron chi connectivity index (χ4n) is 2.72. The number of hydrogen-bond donors (Lipinski definition) is 1. The second-order valence-electron chi connectivity index (χ2n) is 5.15. The first kappa shape index (κ1) is 12.2. The van der Waals surface area contributed by atoms with E-state index in [4.69, 9.17) is 4.74 Å². The molecule has 0 aromatic heterocycles. The molecule has 1 heterocycles. The summed E-state index contributed by atoms with van der Waals surface area (Å²) in [6, 6.07) is 19.4. The highest BCUT2D eigenvalue weighted by Gasteiger charge is 2.23. The van der Waals surface area contributed by atoms with Crippen molar-refractivity contribution in [3.8, 4) is 5.75 Å². The molecule has 0 aliphatic carbocycles. The first-order valence-corrected chi connectivity index (χ1v) is 6.84. The Hall–Kier alpha value is -1.80. The number of benzene rings is 2. The van der Waals surface area contributed by atoms with Crippen LogP contribution in [-0.4, -0.2) is 12.6 Å². The molecule has 0 saturated heterocycles. The summed E-state index contributed by atoms with van der Waals surface area (Å²) in [5.74, 6) is 0.931. The van der Waals surface area contributed by atoms with Gasteiger partial charge in [-0.05, 0) is 36.6 Å². The molecule has 98 valence electrons. The maximum absolute atomic E-state index is 5.89. The van der Waals surface area contributed by atoms with E-state index in [9.17, 15) is 0 Å². The van der Waals surface area contributed by atoms with Gasteiger partial charge in [-0.25, -0.2) is 0 Å². The Balaban J connectivity index is 1.74. The average Bonchev–Trinajstić information content (AvgIpc) is 2.45. The molecule has 0 spiro atoms. The van der Waals surface area contributed by atoms with E-state index < -0.39 is 0 Å². The molecule has 2 atom stereocenters. The summed E-state index contributed by atoms with van der Waals surface area (Å²) in [5, 5.41) is 3.62. The van der Waals surface area contributed by atoms with Crippen molar-refractivity contribution in [2.45, 2.75) is 25.4 Å². The zero-order chi connectivity index (χ0) is 13.1. The smallest absolute Gasteiger partial charge is 0.119 e. The molecule has 0 bridgehead atoms. The molecular weight excluding hydrogens is 234 g/mol. The predicted molar refractivity (Wildman–Crippen MR) is 77.4 cm³/mol. The first-order valence-electron chi connectivity index (χ1n) is 6.84. The maximum Gasteiger partial charge on any atom is 0.119 e. The molecule has 1 aliphatic heterocycles. The molecule has 0 radical (unpaired) electrons. The van der Waals surface area contributed by atoms with Gasteiger partial charge < -0.3 is 10.1 Å². The molecule has 2 heteroatoms. The molecule has 2 aromatic rings. The molecule has 0 saturated carbocycles. The Morgan fingerprint density at radius 2 is 1.79 bits per heavy atom. The van der Waals surface area contributed by atoms with Crippen LogP contribution in [0.5, 0.6) is 5.75 Å². The fourth-order valence-corrected chi connectivity index (χ4v) is 2.72. The lowest BCUT2D eigenvalue weighted by Gasteiger charge is -2.31. The Morgan fingerprint density at radius 1 is 1.05 bits per heavy atom. The quantitative estimate of drug-likeness (QED) is 0.906. The molecule has 19 heavy (non-hydrogen) atoms. The second kappa shape index (κ2) is 5.45. The molecule has 2 nitrogen and oxygen atoms in total. The van der Waals surface area contributed by atoms with E-state index in [2.05, 4.69) is 36.5 Å². The van der Waals surface area contributed by atoms with E-state index in [0.29, 0.717) is 12.6 Å². The van der Waals surface area contributed by atoms with Crippen molar-refractivity contribution in [3.63, 3.8) is 0 Å². The lowest BCUT2D eigenvalue weighted by atomic mass is 9.91. The van der Waals surface area contributed by atoms with E-state index in [1.807, 2.05) is 30.3 Å². The topological polar surface area (TPSA) is 21.3 Å². The molecular formula is C17H19NO. The number of para-hydroxylation sites is 1. The van der Waals surface area contributed by atoms with Crippen molar-refractivity contribution in [3.05, 3.63) is 65.7 Å². The van der Waals surface area contributed by atoms with Gasteiger partial charge in [0.25, 0.3) is 0 Å². The highest BCUT2D eigenvalue weighted by molar-refractivity contribution is 5.33. The van der Waals surface area contributed by atoms with Gasteiger partial charge in [-0.3, -0.25) is 0 Å². The number of ether oxygens (including phenoxy) is 1.